The van der Waals surface area contributed by atoms with Gasteiger partial charge in [0.2, 0.25) is 17.6 Å². The first-order valence-corrected chi connectivity index (χ1v) is 12.6. The molecule has 1 aliphatic rings. The Balaban J connectivity index is 1.24. The van der Waals surface area contributed by atoms with E-state index in [1.54, 1.807) is 7.11 Å². The molecule has 0 aliphatic carbocycles. The molecule has 2 heterocycles. The van der Waals surface area contributed by atoms with Crippen molar-refractivity contribution in [1.82, 2.24) is 20.4 Å². The van der Waals surface area contributed by atoms with Crippen LogP contribution < -0.4 is 14.8 Å². The number of aromatic nitrogens is 2. The Morgan fingerprint density at radius 3 is 2.60 bits per heavy atom. The topological polar surface area (TPSA) is 89.7 Å². The fraction of sp³-hybridized carbons (Fsp3) is 0.423. The zero-order valence-corrected chi connectivity index (χ0v) is 21.9. The Morgan fingerprint density at radius 2 is 1.91 bits per heavy atom. The number of likely N-dealkylation sites (tertiary alicyclic amines) is 1. The van der Waals surface area contributed by atoms with Crippen molar-refractivity contribution in [3.63, 3.8) is 0 Å². The molecule has 0 unspecified atom stereocenters. The molecule has 0 atom stereocenters. The lowest BCUT2D eigenvalue weighted by atomic mass is 9.96. The minimum absolute atomic E-state index is 0.00213. The van der Waals surface area contributed by atoms with Gasteiger partial charge in [0.1, 0.15) is 0 Å². The number of methoxy groups -OCH3 is 1. The number of amides is 1. The molecule has 1 saturated heterocycles. The summed E-state index contributed by atoms with van der Waals surface area (Å²) in [6.07, 6.45) is 1.65. The summed E-state index contributed by atoms with van der Waals surface area (Å²) in [7, 11) is 1.62. The summed E-state index contributed by atoms with van der Waals surface area (Å²) >= 11 is 3.43. The van der Waals surface area contributed by atoms with Gasteiger partial charge >= 0.3 is 0 Å². The van der Waals surface area contributed by atoms with E-state index in [4.69, 9.17) is 14.0 Å². The van der Waals surface area contributed by atoms with Crippen molar-refractivity contribution in [2.45, 2.75) is 45.9 Å². The Kier molecular flexibility index (Phi) is 8.41. The van der Waals surface area contributed by atoms with Gasteiger partial charge in [0, 0.05) is 22.5 Å². The molecule has 1 amide bonds. The average molecular weight is 543 g/mol. The molecule has 1 aliphatic heterocycles. The van der Waals surface area contributed by atoms with Crippen LogP contribution >= 0.6 is 15.9 Å². The number of hydrogen-bond acceptors (Lipinski definition) is 7. The Hall–Kier alpha value is -2.91. The first-order valence-electron chi connectivity index (χ1n) is 11.8. The molecule has 0 saturated carbocycles. The summed E-state index contributed by atoms with van der Waals surface area (Å²) in [6, 6.07) is 13.6. The average Bonchev–Trinajstić information content (AvgIpc) is 3.32. The summed E-state index contributed by atoms with van der Waals surface area (Å²) in [5, 5.41) is 7.17. The highest BCUT2D eigenvalue weighted by atomic mass is 79.9. The van der Waals surface area contributed by atoms with Crippen molar-refractivity contribution in [1.29, 1.82) is 0 Å². The van der Waals surface area contributed by atoms with E-state index in [0.717, 1.165) is 41.5 Å². The number of halogens is 1. The smallest absolute Gasteiger partial charge is 0.241 e. The highest BCUT2D eigenvalue weighted by Gasteiger charge is 2.26. The molecular weight excluding hydrogens is 512 g/mol. The molecule has 1 aromatic heterocycles. The number of piperidine rings is 1. The van der Waals surface area contributed by atoms with Gasteiger partial charge in [-0.25, -0.2) is 0 Å². The van der Waals surface area contributed by atoms with Gasteiger partial charge in [-0.2, -0.15) is 4.98 Å². The van der Waals surface area contributed by atoms with Gasteiger partial charge in [-0.15, -0.1) is 0 Å². The van der Waals surface area contributed by atoms with Gasteiger partial charge in [-0.3, -0.25) is 9.69 Å². The van der Waals surface area contributed by atoms with Crippen LogP contribution in [-0.2, 0) is 17.9 Å². The lowest BCUT2D eigenvalue weighted by molar-refractivity contribution is -0.126. The quantitative estimate of drug-likeness (QED) is 0.414. The van der Waals surface area contributed by atoms with Crippen LogP contribution in [0.3, 0.4) is 0 Å². The number of rotatable bonds is 9. The monoisotopic (exact) mass is 542 g/mol. The lowest BCUT2D eigenvalue weighted by Crippen LogP contribution is -2.40. The number of nitrogens with zero attached hydrogens (tertiary/aromatic N) is 3. The third kappa shape index (κ3) is 6.82. The molecule has 9 heteroatoms. The number of nitrogens with one attached hydrogen (secondary N) is 1. The summed E-state index contributed by atoms with van der Waals surface area (Å²) < 4.78 is 17.7. The first-order chi connectivity index (χ1) is 16.9. The third-order valence-corrected chi connectivity index (χ3v) is 6.47. The van der Waals surface area contributed by atoms with Crippen molar-refractivity contribution >= 4 is 21.8 Å². The molecule has 186 valence electrons. The summed E-state index contributed by atoms with van der Waals surface area (Å²) in [4.78, 5) is 19.5. The van der Waals surface area contributed by atoms with Crippen LogP contribution in [0.2, 0.25) is 0 Å². The van der Waals surface area contributed by atoms with Crippen molar-refractivity contribution < 1.29 is 18.8 Å². The largest absolute Gasteiger partial charge is 0.493 e. The molecule has 3 aromatic rings. The van der Waals surface area contributed by atoms with Crippen molar-refractivity contribution in [2.75, 3.05) is 20.2 Å². The minimum atomic E-state index is -0.00213. The number of carbonyl (C=O) groups excluding carboxylic acids is 1. The van der Waals surface area contributed by atoms with Crippen molar-refractivity contribution in [3.8, 4) is 22.9 Å². The summed E-state index contributed by atoms with van der Waals surface area (Å²) in [6.45, 7) is 6.61. The van der Waals surface area contributed by atoms with E-state index in [1.807, 2.05) is 56.3 Å². The number of carbonyl (C=O) groups is 1. The molecule has 1 fully saturated rings. The number of benzene rings is 2. The molecule has 1 N–H and O–H groups in total. The fourth-order valence-electron chi connectivity index (χ4n) is 4.09. The van der Waals surface area contributed by atoms with E-state index in [9.17, 15) is 4.79 Å². The molecule has 2 aromatic carbocycles. The van der Waals surface area contributed by atoms with Crippen LogP contribution in [0.1, 0.15) is 38.1 Å². The predicted octanol–water partition coefficient (Wildman–Crippen LogP) is 4.82. The Bertz CT molecular complexity index is 1120. The molecule has 0 spiro atoms. The summed E-state index contributed by atoms with van der Waals surface area (Å²) in [5.74, 6) is 2.63. The van der Waals surface area contributed by atoms with Gasteiger partial charge in [0.15, 0.2) is 11.5 Å². The highest BCUT2D eigenvalue weighted by Crippen LogP contribution is 2.29. The van der Waals surface area contributed by atoms with Gasteiger partial charge in [-0.05, 0) is 81.7 Å². The van der Waals surface area contributed by atoms with E-state index in [-0.39, 0.29) is 17.9 Å². The molecule has 4 rings (SSSR count). The van der Waals surface area contributed by atoms with Crippen LogP contribution in [0.25, 0.3) is 11.4 Å². The number of ether oxygens (including phenoxy) is 2. The van der Waals surface area contributed by atoms with Gasteiger partial charge in [0.05, 0.1) is 19.8 Å². The predicted molar refractivity (Wildman–Crippen MR) is 136 cm³/mol. The second-order valence-corrected chi connectivity index (χ2v) is 9.85. The van der Waals surface area contributed by atoms with Crippen LogP contribution in [0, 0.1) is 5.92 Å². The zero-order chi connectivity index (χ0) is 24.8. The van der Waals surface area contributed by atoms with Crippen LogP contribution in [-0.4, -0.2) is 47.3 Å². The first kappa shape index (κ1) is 25.2. The fourth-order valence-corrected chi connectivity index (χ4v) is 4.35. The number of hydrogen-bond donors (Lipinski definition) is 1. The molecule has 0 radical (unpaired) electrons. The van der Waals surface area contributed by atoms with E-state index < -0.39 is 0 Å². The van der Waals surface area contributed by atoms with E-state index in [1.165, 1.54) is 0 Å². The maximum Gasteiger partial charge on any atom is 0.241 e. The highest BCUT2D eigenvalue weighted by molar-refractivity contribution is 9.10. The second kappa shape index (κ2) is 11.7. The Morgan fingerprint density at radius 1 is 1.17 bits per heavy atom. The third-order valence-electron chi connectivity index (χ3n) is 5.95. The van der Waals surface area contributed by atoms with E-state index >= 15 is 0 Å². The van der Waals surface area contributed by atoms with Crippen molar-refractivity contribution in [2.24, 2.45) is 5.92 Å². The van der Waals surface area contributed by atoms with E-state index in [2.05, 4.69) is 36.3 Å². The summed E-state index contributed by atoms with van der Waals surface area (Å²) in [5.41, 5.74) is 1.89. The van der Waals surface area contributed by atoms with Crippen LogP contribution in [0.4, 0.5) is 0 Å². The maximum atomic E-state index is 12.8. The van der Waals surface area contributed by atoms with Crippen LogP contribution in [0.15, 0.2) is 51.5 Å². The SMILES string of the molecule is COc1cc(CNC(=O)C2CCN(Cc3nc(-c4ccc(Br)cc4)no3)CC2)ccc1OC(C)C. The molecule has 35 heavy (non-hydrogen) atoms. The minimum Gasteiger partial charge on any atom is -0.493 e. The zero-order valence-electron chi connectivity index (χ0n) is 20.3. The lowest BCUT2D eigenvalue weighted by Gasteiger charge is -2.30. The Labute approximate surface area is 214 Å². The standard InChI is InChI=1S/C26H31BrN4O4/c1-17(2)34-22-9-4-18(14-23(22)33-3)15-28-26(32)20-10-12-31(13-11-20)16-24-29-25(30-35-24)19-5-7-21(27)8-6-19/h4-9,14,17,20H,10-13,15-16H2,1-3H3,(H,28,32). The molecule has 0 bridgehead atoms. The normalized spacial score (nSPS) is 14.8. The maximum absolute atomic E-state index is 12.8. The van der Waals surface area contributed by atoms with E-state index in [0.29, 0.717) is 36.3 Å². The molecule has 8 nitrogen and oxygen atoms in total. The van der Waals surface area contributed by atoms with Crippen molar-refractivity contribution in [3.05, 3.63) is 58.4 Å². The van der Waals surface area contributed by atoms with Gasteiger partial charge in [-0.1, -0.05) is 27.2 Å². The second-order valence-electron chi connectivity index (χ2n) is 8.94. The van der Waals surface area contributed by atoms with Crippen LogP contribution in [0.5, 0.6) is 11.5 Å². The van der Waals surface area contributed by atoms with Gasteiger partial charge in [0.25, 0.3) is 0 Å². The van der Waals surface area contributed by atoms with Gasteiger partial charge < -0.3 is 19.3 Å². The molecular formula is C26H31BrN4O4.